The van der Waals surface area contributed by atoms with Gasteiger partial charge in [-0.15, -0.1) is 0 Å². The van der Waals surface area contributed by atoms with Gasteiger partial charge in [-0.3, -0.25) is 4.79 Å². The lowest BCUT2D eigenvalue weighted by Crippen LogP contribution is -2.04. The van der Waals surface area contributed by atoms with E-state index in [1.165, 1.54) is 18.4 Å². The van der Waals surface area contributed by atoms with Gasteiger partial charge in [0, 0.05) is 6.07 Å². The first kappa shape index (κ1) is 12.3. The highest BCUT2D eigenvalue weighted by atomic mass is 16.5. The molecule has 0 spiro atoms. The van der Waals surface area contributed by atoms with Crippen LogP contribution < -0.4 is 10.2 Å². The van der Waals surface area contributed by atoms with Crippen molar-refractivity contribution in [3.8, 4) is 22.6 Å². The van der Waals surface area contributed by atoms with Crippen molar-refractivity contribution in [3.63, 3.8) is 0 Å². The minimum atomic E-state index is -0.128. The molecule has 0 amide bonds. The standard InChI is InChI=1S/C16H12O4/c1-19-12-5-2-10(3-6-12)14-9-20-15-8-11(17)4-7-13(15)16(14)18/h2-9,17H,1H3/i9+1,14+1,16+1. The Morgan fingerprint density at radius 3 is 2.55 bits per heavy atom. The normalized spacial score (nSPS) is 10.7. The predicted octanol–water partition coefficient (Wildman–Crippen LogP) is 3.17. The average Bonchev–Trinajstić information content (AvgIpc) is 2.48. The van der Waals surface area contributed by atoms with Crippen LogP contribution >= 0.6 is 0 Å². The maximum absolute atomic E-state index is 12.4. The number of rotatable bonds is 2. The first-order valence-corrected chi connectivity index (χ1v) is 6.08. The molecule has 0 aliphatic carbocycles. The Morgan fingerprint density at radius 2 is 1.85 bits per heavy atom. The zero-order valence-electron chi connectivity index (χ0n) is 10.8. The van der Waals surface area contributed by atoms with Crippen molar-refractivity contribution < 1.29 is 14.3 Å². The highest BCUT2D eigenvalue weighted by molar-refractivity contribution is 5.82. The van der Waals surface area contributed by atoms with Gasteiger partial charge < -0.3 is 14.3 Å². The molecule has 3 rings (SSSR count). The number of phenols is 1. The molecule has 0 saturated carbocycles. The quantitative estimate of drug-likeness (QED) is 0.777. The van der Waals surface area contributed by atoms with Crippen LogP contribution in [-0.4, -0.2) is 12.2 Å². The van der Waals surface area contributed by atoms with Gasteiger partial charge in [-0.05, 0) is 29.8 Å². The second-order valence-electron chi connectivity index (χ2n) is 4.39. The van der Waals surface area contributed by atoms with Gasteiger partial charge in [0.15, 0.2) is 5.43 Å². The molecule has 0 bridgehead atoms. The molecule has 0 fully saturated rings. The predicted molar refractivity (Wildman–Crippen MR) is 76.1 cm³/mol. The molecule has 0 atom stereocenters. The Hall–Kier alpha value is -2.75. The van der Waals surface area contributed by atoms with Crippen molar-refractivity contribution >= 4 is 11.0 Å². The topological polar surface area (TPSA) is 59.7 Å². The fourth-order valence-electron chi connectivity index (χ4n) is 2.09. The average molecular weight is 271 g/mol. The third-order valence-corrected chi connectivity index (χ3v) is 3.16. The van der Waals surface area contributed by atoms with Crippen LogP contribution in [0.1, 0.15) is 0 Å². The van der Waals surface area contributed by atoms with E-state index in [9.17, 15) is 9.90 Å². The minimum absolute atomic E-state index is 0.0675. The fourth-order valence-corrected chi connectivity index (χ4v) is 2.09. The summed E-state index contributed by atoms with van der Waals surface area (Å²) in [6, 6.07) is 11.6. The molecule has 4 heteroatoms. The number of ether oxygens (including phenoxy) is 1. The van der Waals surface area contributed by atoms with E-state index < -0.39 is 0 Å². The van der Waals surface area contributed by atoms with Gasteiger partial charge in [0.25, 0.3) is 0 Å². The molecule has 4 nitrogen and oxygen atoms in total. The van der Waals surface area contributed by atoms with E-state index in [4.69, 9.17) is 9.15 Å². The molecule has 0 aliphatic heterocycles. The molecule has 100 valence electrons. The number of methoxy groups -OCH3 is 1. The van der Waals surface area contributed by atoms with Gasteiger partial charge >= 0.3 is 0 Å². The van der Waals surface area contributed by atoms with Gasteiger partial charge in [0.2, 0.25) is 0 Å². The summed E-state index contributed by atoms with van der Waals surface area (Å²) < 4.78 is 10.5. The molecule has 20 heavy (non-hydrogen) atoms. The number of phenolic OH excluding ortho intramolecular Hbond substituents is 1. The highest BCUT2D eigenvalue weighted by Gasteiger charge is 2.09. The summed E-state index contributed by atoms with van der Waals surface area (Å²) in [5.41, 5.74) is 1.48. The molecule has 2 aromatic carbocycles. The van der Waals surface area contributed by atoms with Crippen LogP contribution in [0.2, 0.25) is 0 Å². The molecule has 0 aliphatic rings. The van der Waals surface area contributed by atoms with Crippen LogP contribution in [0.25, 0.3) is 22.1 Å². The van der Waals surface area contributed by atoms with Crippen molar-refractivity contribution in [3.05, 3.63) is 59.0 Å². The first-order chi connectivity index (χ1) is 9.69. The molecular formula is C16H12O4. The Kier molecular flexibility index (Phi) is 2.91. The fraction of sp³-hybridized carbons (Fsp3) is 0.0625. The number of aromatic hydroxyl groups is 1. The minimum Gasteiger partial charge on any atom is -0.508 e. The van der Waals surface area contributed by atoms with Crippen LogP contribution in [-0.2, 0) is 0 Å². The second kappa shape index (κ2) is 4.74. The Balaban J connectivity index is 2.18. The largest absolute Gasteiger partial charge is 0.508 e. The Labute approximate surface area is 114 Å². The summed E-state index contributed by atoms with van der Waals surface area (Å²) in [6.45, 7) is 0. The van der Waals surface area contributed by atoms with Gasteiger partial charge in [0.05, 0.1) is 18.1 Å². The summed E-state index contributed by atoms with van der Waals surface area (Å²) in [4.78, 5) is 12.4. The molecule has 1 aromatic heterocycles. The van der Waals surface area contributed by atoms with E-state index in [1.54, 1.807) is 37.4 Å². The van der Waals surface area contributed by atoms with Crippen LogP contribution in [0.4, 0.5) is 0 Å². The van der Waals surface area contributed by atoms with Crippen LogP contribution in [0.3, 0.4) is 0 Å². The summed E-state index contributed by atoms with van der Waals surface area (Å²) in [5, 5.41) is 9.83. The highest BCUT2D eigenvalue weighted by Crippen LogP contribution is 2.23. The number of fused-ring (bicyclic) bond motifs is 1. The zero-order valence-corrected chi connectivity index (χ0v) is 10.8. The third kappa shape index (κ3) is 2.01. The Bertz CT molecular complexity index is 816. The van der Waals surface area contributed by atoms with Crippen molar-refractivity contribution in [1.29, 1.82) is 0 Å². The molecule has 0 saturated heterocycles. The van der Waals surface area contributed by atoms with Gasteiger partial charge in [-0.2, -0.15) is 0 Å². The van der Waals surface area contributed by atoms with E-state index in [0.29, 0.717) is 16.5 Å². The lowest BCUT2D eigenvalue weighted by atomic mass is 10.2. The van der Waals surface area contributed by atoms with Gasteiger partial charge in [-0.25, -0.2) is 0 Å². The lowest BCUT2D eigenvalue weighted by Gasteiger charge is -2.04. The maximum Gasteiger partial charge on any atom is 0.200 e. The SMILES string of the molecule is COc1ccc(-[13c]2[13cH]oc3cc(O)ccc3[13c]2=O)cc1. The van der Waals surface area contributed by atoms with Crippen LogP contribution in [0.5, 0.6) is 11.5 Å². The molecule has 1 heterocycles. The number of hydrogen-bond acceptors (Lipinski definition) is 4. The molecule has 1 N–H and O–H groups in total. The van der Waals surface area contributed by atoms with Gasteiger partial charge in [-0.1, -0.05) is 12.1 Å². The van der Waals surface area contributed by atoms with E-state index >= 15 is 0 Å². The monoisotopic (exact) mass is 271 g/mol. The van der Waals surface area contributed by atoms with Crippen molar-refractivity contribution in [2.45, 2.75) is 0 Å². The van der Waals surface area contributed by atoms with E-state index in [2.05, 4.69) is 0 Å². The summed E-state index contributed by atoms with van der Waals surface area (Å²) in [5.74, 6) is 0.793. The first-order valence-electron chi connectivity index (χ1n) is 6.08. The third-order valence-electron chi connectivity index (χ3n) is 3.16. The molecule has 0 radical (unpaired) electrons. The Morgan fingerprint density at radius 1 is 1.10 bits per heavy atom. The second-order valence-corrected chi connectivity index (χ2v) is 4.39. The maximum atomic E-state index is 12.4. The molecule has 0 unspecified atom stereocenters. The number of hydrogen-bond donors (Lipinski definition) is 1. The van der Waals surface area contributed by atoms with Gasteiger partial charge in [0.1, 0.15) is 23.3 Å². The van der Waals surface area contributed by atoms with Crippen molar-refractivity contribution in [2.24, 2.45) is 0 Å². The van der Waals surface area contributed by atoms with E-state index in [-0.39, 0.29) is 11.2 Å². The number of benzene rings is 2. The van der Waals surface area contributed by atoms with E-state index in [0.717, 1.165) is 11.3 Å². The summed E-state index contributed by atoms with van der Waals surface area (Å²) in [6.07, 6.45) is 1.41. The lowest BCUT2D eigenvalue weighted by molar-refractivity contribution is 0.415. The smallest absolute Gasteiger partial charge is 0.200 e. The summed E-state index contributed by atoms with van der Waals surface area (Å²) >= 11 is 0. The van der Waals surface area contributed by atoms with Crippen molar-refractivity contribution in [2.75, 3.05) is 7.11 Å². The molecular weight excluding hydrogens is 259 g/mol. The van der Waals surface area contributed by atoms with Crippen LogP contribution in [0, 0.1) is 0 Å². The zero-order chi connectivity index (χ0) is 14.1. The van der Waals surface area contributed by atoms with Crippen molar-refractivity contribution in [1.82, 2.24) is 0 Å². The van der Waals surface area contributed by atoms with Crippen LogP contribution in [0.15, 0.2) is 57.9 Å². The summed E-state index contributed by atoms with van der Waals surface area (Å²) in [7, 11) is 1.59. The van der Waals surface area contributed by atoms with E-state index in [1.807, 2.05) is 0 Å². The molecule has 3 aromatic rings.